The fraction of sp³-hybridized carbons (Fsp3) is 0.462. The quantitative estimate of drug-likeness (QED) is 0.732. The van der Waals surface area contributed by atoms with E-state index in [1.807, 2.05) is 0 Å². The zero-order valence-electron chi connectivity index (χ0n) is 10.5. The number of aromatic hydroxyl groups is 2. The van der Waals surface area contributed by atoms with Crippen molar-refractivity contribution in [2.75, 3.05) is 5.33 Å². The molecule has 0 saturated heterocycles. The molecule has 1 aromatic carbocycles. The Balaban J connectivity index is 2.74. The predicted molar refractivity (Wildman–Crippen MR) is 74.3 cm³/mol. The molecule has 5 heteroatoms. The van der Waals surface area contributed by atoms with Crippen molar-refractivity contribution in [2.24, 2.45) is 5.92 Å². The molecule has 1 rings (SSSR count). The summed E-state index contributed by atoms with van der Waals surface area (Å²) in [5, 5.41) is 22.2. The minimum Gasteiger partial charge on any atom is -0.508 e. The molecule has 0 radical (unpaired) electrons. The van der Waals surface area contributed by atoms with Gasteiger partial charge in [0.15, 0.2) is 0 Å². The molecular formula is C13H18BrNO3. The number of rotatable bonds is 5. The first-order valence-corrected chi connectivity index (χ1v) is 6.94. The molecule has 18 heavy (non-hydrogen) atoms. The summed E-state index contributed by atoms with van der Waals surface area (Å²) in [5.41, 5.74) is 0.252. The molecule has 4 nitrogen and oxygen atoms in total. The van der Waals surface area contributed by atoms with Crippen LogP contribution in [0.2, 0.25) is 0 Å². The normalized spacial score (nSPS) is 12.4. The average molecular weight is 316 g/mol. The molecular weight excluding hydrogens is 298 g/mol. The van der Waals surface area contributed by atoms with Crippen molar-refractivity contribution in [2.45, 2.75) is 26.3 Å². The van der Waals surface area contributed by atoms with Gasteiger partial charge in [-0.25, -0.2) is 0 Å². The molecule has 3 N–H and O–H groups in total. The third kappa shape index (κ3) is 4.56. The summed E-state index contributed by atoms with van der Waals surface area (Å²) in [4.78, 5) is 11.9. The van der Waals surface area contributed by atoms with Crippen molar-refractivity contribution >= 4 is 21.8 Å². The molecule has 1 atom stereocenters. The third-order valence-electron chi connectivity index (χ3n) is 2.44. The lowest BCUT2D eigenvalue weighted by Gasteiger charge is -2.18. The summed E-state index contributed by atoms with van der Waals surface area (Å²) in [5.74, 6) is -0.0736. The highest BCUT2D eigenvalue weighted by atomic mass is 79.9. The highest BCUT2D eigenvalue weighted by Gasteiger charge is 2.15. The van der Waals surface area contributed by atoms with Crippen molar-refractivity contribution in [1.29, 1.82) is 0 Å². The summed E-state index contributed by atoms with van der Waals surface area (Å²) >= 11 is 3.36. The van der Waals surface area contributed by atoms with Gasteiger partial charge in [-0.1, -0.05) is 29.8 Å². The molecule has 0 bridgehead atoms. The van der Waals surface area contributed by atoms with Crippen LogP contribution in [-0.4, -0.2) is 27.5 Å². The van der Waals surface area contributed by atoms with Crippen molar-refractivity contribution in [3.63, 3.8) is 0 Å². The Morgan fingerprint density at radius 1 is 1.28 bits per heavy atom. The molecule has 1 amide bonds. The monoisotopic (exact) mass is 315 g/mol. The fourth-order valence-electron chi connectivity index (χ4n) is 1.72. The van der Waals surface area contributed by atoms with E-state index in [2.05, 4.69) is 35.1 Å². The van der Waals surface area contributed by atoms with Crippen LogP contribution in [0.5, 0.6) is 11.5 Å². The molecule has 1 aromatic rings. The van der Waals surface area contributed by atoms with Gasteiger partial charge in [-0.2, -0.15) is 0 Å². The minimum atomic E-state index is -0.300. The van der Waals surface area contributed by atoms with Gasteiger partial charge in [-0.3, -0.25) is 4.79 Å². The minimum absolute atomic E-state index is 0.0296. The maximum absolute atomic E-state index is 11.9. The number of nitrogens with one attached hydrogen (secondary N) is 1. The highest BCUT2D eigenvalue weighted by molar-refractivity contribution is 9.09. The van der Waals surface area contributed by atoms with E-state index < -0.39 is 0 Å². The van der Waals surface area contributed by atoms with E-state index in [-0.39, 0.29) is 29.0 Å². The Hall–Kier alpha value is -1.23. The molecule has 0 aromatic heterocycles. The molecule has 100 valence electrons. The number of hydrogen-bond acceptors (Lipinski definition) is 3. The fourth-order valence-corrected chi connectivity index (χ4v) is 2.15. The van der Waals surface area contributed by atoms with Crippen LogP contribution >= 0.6 is 15.9 Å². The van der Waals surface area contributed by atoms with Crippen LogP contribution in [0.1, 0.15) is 30.6 Å². The van der Waals surface area contributed by atoms with Gasteiger partial charge in [-0.05, 0) is 24.5 Å². The highest BCUT2D eigenvalue weighted by Crippen LogP contribution is 2.20. The average Bonchev–Trinajstić information content (AvgIpc) is 2.26. The molecule has 0 aliphatic carbocycles. The summed E-state index contributed by atoms with van der Waals surface area (Å²) in [6.45, 7) is 4.17. The number of amides is 1. The van der Waals surface area contributed by atoms with E-state index in [4.69, 9.17) is 0 Å². The second-order valence-corrected chi connectivity index (χ2v) is 5.34. The van der Waals surface area contributed by atoms with Gasteiger partial charge in [0.05, 0.1) is 0 Å². The second-order valence-electron chi connectivity index (χ2n) is 4.69. The van der Waals surface area contributed by atoms with E-state index in [0.717, 1.165) is 6.42 Å². The topological polar surface area (TPSA) is 69.6 Å². The van der Waals surface area contributed by atoms with E-state index >= 15 is 0 Å². The first kappa shape index (κ1) is 14.8. The first-order valence-electron chi connectivity index (χ1n) is 5.82. The van der Waals surface area contributed by atoms with Crippen LogP contribution < -0.4 is 5.32 Å². The Kier molecular flexibility index (Phi) is 5.47. The van der Waals surface area contributed by atoms with Gasteiger partial charge < -0.3 is 15.5 Å². The van der Waals surface area contributed by atoms with Crippen LogP contribution in [0.4, 0.5) is 0 Å². The number of hydrogen-bond donors (Lipinski definition) is 3. The Labute approximate surface area is 115 Å². The largest absolute Gasteiger partial charge is 0.508 e. The summed E-state index contributed by atoms with van der Waals surface area (Å²) < 4.78 is 0. The molecule has 0 spiro atoms. The van der Waals surface area contributed by atoms with E-state index in [1.54, 1.807) is 0 Å². The molecule has 0 saturated carbocycles. The zero-order valence-corrected chi connectivity index (χ0v) is 12.1. The molecule has 0 heterocycles. The molecule has 0 aliphatic rings. The summed E-state index contributed by atoms with van der Waals surface area (Å²) in [7, 11) is 0. The van der Waals surface area contributed by atoms with E-state index in [0.29, 0.717) is 11.2 Å². The number of phenols is 2. The van der Waals surface area contributed by atoms with Crippen LogP contribution in [-0.2, 0) is 0 Å². The first-order chi connectivity index (χ1) is 8.42. The van der Waals surface area contributed by atoms with Gasteiger partial charge in [0.25, 0.3) is 5.91 Å². The Morgan fingerprint density at radius 3 is 2.28 bits per heavy atom. The van der Waals surface area contributed by atoms with Gasteiger partial charge in [0.1, 0.15) is 11.5 Å². The number of halogens is 1. The maximum Gasteiger partial charge on any atom is 0.251 e. The lowest BCUT2D eigenvalue weighted by atomic mass is 10.0. The van der Waals surface area contributed by atoms with E-state index in [1.165, 1.54) is 18.2 Å². The lowest BCUT2D eigenvalue weighted by Crippen LogP contribution is -2.37. The number of carbonyl (C=O) groups excluding carboxylic acids is 1. The summed E-state index contributed by atoms with van der Waals surface area (Å²) in [6, 6.07) is 3.88. The van der Waals surface area contributed by atoms with Crippen molar-refractivity contribution in [3.05, 3.63) is 23.8 Å². The predicted octanol–water partition coefficient (Wildman–Crippen LogP) is 2.64. The number of benzene rings is 1. The van der Waals surface area contributed by atoms with Crippen molar-refractivity contribution < 1.29 is 15.0 Å². The summed E-state index contributed by atoms with van der Waals surface area (Å²) in [6.07, 6.45) is 0.863. The van der Waals surface area contributed by atoms with Gasteiger partial charge in [0, 0.05) is 23.0 Å². The zero-order chi connectivity index (χ0) is 13.7. The van der Waals surface area contributed by atoms with Crippen LogP contribution in [0.15, 0.2) is 18.2 Å². The lowest BCUT2D eigenvalue weighted by molar-refractivity contribution is 0.0936. The number of phenolic OH excluding ortho intramolecular Hbond substituents is 2. The second kappa shape index (κ2) is 6.64. The molecule has 0 fully saturated rings. The number of alkyl halides is 1. The Bertz CT molecular complexity index is 400. The van der Waals surface area contributed by atoms with E-state index in [9.17, 15) is 15.0 Å². The van der Waals surface area contributed by atoms with Crippen molar-refractivity contribution in [3.8, 4) is 11.5 Å². The molecule has 0 aliphatic heterocycles. The SMILES string of the molecule is CC(C)CC(CBr)NC(=O)c1cc(O)cc(O)c1. The van der Waals surface area contributed by atoms with Crippen LogP contribution in [0, 0.1) is 5.92 Å². The Morgan fingerprint density at radius 2 is 1.83 bits per heavy atom. The smallest absolute Gasteiger partial charge is 0.251 e. The van der Waals surface area contributed by atoms with Gasteiger partial charge in [-0.15, -0.1) is 0 Å². The number of carbonyl (C=O) groups is 1. The molecule has 1 unspecified atom stereocenters. The third-order valence-corrected chi connectivity index (χ3v) is 3.22. The van der Waals surface area contributed by atoms with Crippen LogP contribution in [0.25, 0.3) is 0 Å². The van der Waals surface area contributed by atoms with Crippen molar-refractivity contribution in [1.82, 2.24) is 5.32 Å². The van der Waals surface area contributed by atoms with Gasteiger partial charge >= 0.3 is 0 Å². The van der Waals surface area contributed by atoms with Gasteiger partial charge in [0.2, 0.25) is 0 Å². The standard InChI is InChI=1S/C13H18BrNO3/c1-8(2)3-10(7-14)15-13(18)9-4-11(16)6-12(17)5-9/h4-6,8,10,16-17H,3,7H2,1-2H3,(H,15,18). The van der Waals surface area contributed by atoms with Crippen LogP contribution in [0.3, 0.4) is 0 Å². The maximum atomic E-state index is 11.9.